The molecule has 0 aliphatic rings. The predicted molar refractivity (Wildman–Crippen MR) is 42.3 cm³/mol. The van der Waals surface area contributed by atoms with E-state index in [4.69, 9.17) is 0 Å². The zero-order valence-electron chi connectivity index (χ0n) is 6.87. The standard InChI is InChI=1S/C8H12N2O/c1-3-10-5-4-8(9-10)6-7(2)11/h4-5H,3,6H2,1-2H3. The van der Waals surface area contributed by atoms with E-state index in [-0.39, 0.29) is 5.78 Å². The first-order valence-electron chi connectivity index (χ1n) is 3.74. The van der Waals surface area contributed by atoms with Gasteiger partial charge in [-0.25, -0.2) is 0 Å². The summed E-state index contributed by atoms with van der Waals surface area (Å²) in [5.74, 6) is 0.159. The van der Waals surface area contributed by atoms with Crippen molar-refractivity contribution in [1.29, 1.82) is 0 Å². The Morgan fingerprint density at radius 3 is 2.91 bits per heavy atom. The molecule has 0 amide bonds. The first-order valence-corrected chi connectivity index (χ1v) is 3.74. The van der Waals surface area contributed by atoms with Crippen molar-refractivity contribution in [3.05, 3.63) is 18.0 Å². The largest absolute Gasteiger partial charge is 0.300 e. The maximum absolute atomic E-state index is 10.7. The Labute approximate surface area is 66.0 Å². The van der Waals surface area contributed by atoms with Crippen LogP contribution in [0.25, 0.3) is 0 Å². The molecule has 11 heavy (non-hydrogen) atoms. The van der Waals surface area contributed by atoms with Crippen molar-refractivity contribution in [3.8, 4) is 0 Å². The lowest BCUT2D eigenvalue weighted by molar-refractivity contribution is -0.116. The minimum Gasteiger partial charge on any atom is -0.300 e. The summed E-state index contributed by atoms with van der Waals surface area (Å²) in [6, 6.07) is 1.88. The number of nitrogens with zero attached hydrogens (tertiary/aromatic N) is 2. The molecule has 0 saturated heterocycles. The molecular weight excluding hydrogens is 140 g/mol. The Kier molecular flexibility index (Phi) is 2.41. The second-order valence-corrected chi connectivity index (χ2v) is 2.54. The first kappa shape index (κ1) is 7.98. The number of Topliss-reactive ketones (excluding diaryl/α,β-unsaturated/α-hetero) is 1. The van der Waals surface area contributed by atoms with Crippen LogP contribution in [-0.4, -0.2) is 15.6 Å². The maximum atomic E-state index is 10.7. The van der Waals surface area contributed by atoms with E-state index < -0.39 is 0 Å². The molecule has 60 valence electrons. The van der Waals surface area contributed by atoms with Crippen molar-refractivity contribution in [2.75, 3.05) is 0 Å². The van der Waals surface area contributed by atoms with Gasteiger partial charge in [0.05, 0.1) is 12.1 Å². The fraction of sp³-hybridized carbons (Fsp3) is 0.500. The Hall–Kier alpha value is -1.12. The highest BCUT2D eigenvalue weighted by molar-refractivity contribution is 5.77. The van der Waals surface area contributed by atoms with Gasteiger partial charge in [0, 0.05) is 12.7 Å². The van der Waals surface area contributed by atoms with Crippen LogP contribution >= 0.6 is 0 Å². The molecular formula is C8H12N2O. The fourth-order valence-electron chi connectivity index (χ4n) is 0.929. The summed E-state index contributed by atoms with van der Waals surface area (Å²) in [6.07, 6.45) is 2.34. The quantitative estimate of drug-likeness (QED) is 0.648. The number of hydrogen-bond acceptors (Lipinski definition) is 2. The lowest BCUT2D eigenvalue weighted by Crippen LogP contribution is -2.00. The van der Waals surface area contributed by atoms with Crippen molar-refractivity contribution < 1.29 is 4.79 Å². The van der Waals surface area contributed by atoms with Crippen molar-refractivity contribution >= 4 is 5.78 Å². The molecule has 0 spiro atoms. The predicted octanol–water partition coefficient (Wildman–Crippen LogP) is 1.03. The van der Waals surface area contributed by atoms with Gasteiger partial charge in [-0.3, -0.25) is 9.48 Å². The number of ketones is 1. The topological polar surface area (TPSA) is 34.9 Å². The van der Waals surface area contributed by atoms with E-state index in [1.807, 2.05) is 23.9 Å². The average Bonchev–Trinajstić information content (AvgIpc) is 2.34. The van der Waals surface area contributed by atoms with E-state index in [9.17, 15) is 4.79 Å². The highest BCUT2D eigenvalue weighted by Gasteiger charge is 1.99. The van der Waals surface area contributed by atoms with E-state index in [2.05, 4.69) is 5.10 Å². The summed E-state index contributed by atoms with van der Waals surface area (Å²) in [5.41, 5.74) is 0.861. The molecule has 0 saturated carbocycles. The molecule has 0 aliphatic carbocycles. The van der Waals surface area contributed by atoms with Gasteiger partial charge in [0.25, 0.3) is 0 Å². The number of aryl methyl sites for hydroxylation is 1. The van der Waals surface area contributed by atoms with Gasteiger partial charge in [-0.2, -0.15) is 5.10 Å². The van der Waals surface area contributed by atoms with E-state index in [1.165, 1.54) is 0 Å². The van der Waals surface area contributed by atoms with Crippen molar-refractivity contribution in [1.82, 2.24) is 9.78 Å². The summed E-state index contributed by atoms with van der Waals surface area (Å²) in [4.78, 5) is 10.7. The number of carbonyl (C=O) groups is 1. The number of rotatable bonds is 3. The Morgan fingerprint density at radius 1 is 1.73 bits per heavy atom. The third-order valence-electron chi connectivity index (χ3n) is 1.45. The molecule has 0 atom stereocenters. The number of hydrogen-bond donors (Lipinski definition) is 0. The molecule has 0 radical (unpaired) electrons. The van der Waals surface area contributed by atoms with Crippen LogP contribution in [0.4, 0.5) is 0 Å². The summed E-state index contributed by atoms with van der Waals surface area (Å²) in [7, 11) is 0. The summed E-state index contributed by atoms with van der Waals surface area (Å²) in [5, 5.41) is 4.16. The summed E-state index contributed by atoms with van der Waals surface area (Å²) in [6.45, 7) is 4.45. The molecule has 0 aromatic carbocycles. The molecule has 1 heterocycles. The normalized spacial score (nSPS) is 10.0. The highest BCUT2D eigenvalue weighted by Crippen LogP contribution is 1.96. The zero-order chi connectivity index (χ0) is 8.27. The van der Waals surface area contributed by atoms with E-state index in [1.54, 1.807) is 6.92 Å². The third-order valence-corrected chi connectivity index (χ3v) is 1.45. The van der Waals surface area contributed by atoms with E-state index >= 15 is 0 Å². The molecule has 0 bridgehead atoms. The van der Waals surface area contributed by atoms with E-state index in [0.717, 1.165) is 12.2 Å². The number of carbonyl (C=O) groups excluding carboxylic acids is 1. The van der Waals surface area contributed by atoms with Crippen molar-refractivity contribution in [2.45, 2.75) is 26.8 Å². The fourth-order valence-corrected chi connectivity index (χ4v) is 0.929. The summed E-state index contributed by atoms with van der Waals surface area (Å²) >= 11 is 0. The molecule has 3 nitrogen and oxygen atoms in total. The van der Waals surface area contributed by atoms with Gasteiger partial charge in [0.1, 0.15) is 5.78 Å². The first-order chi connectivity index (χ1) is 5.22. The minimum atomic E-state index is 0.159. The molecule has 0 unspecified atom stereocenters. The Bertz CT molecular complexity index is 252. The zero-order valence-corrected chi connectivity index (χ0v) is 6.87. The minimum absolute atomic E-state index is 0.159. The smallest absolute Gasteiger partial charge is 0.135 e. The van der Waals surface area contributed by atoms with Crippen LogP contribution in [0.15, 0.2) is 12.3 Å². The van der Waals surface area contributed by atoms with Crippen LogP contribution in [0.2, 0.25) is 0 Å². The molecule has 1 rings (SSSR count). The van der Waals surface area contributed by atoms with Gasteiger partial charge in [0.2, 0.25) is 0 Å². The lowest BCUT2D eigenvalue weighted by atomic mass is 10.2. The second-order valence-electron chi connectivity index (χ2n) is 2.54. The van der Waals surface area contributed by atoms with Gasteiger partial charge in [0.15, 0.2) is 0 Å². The molecule has 3 heteroatoms. The average molecular weight is 152 g/mol. The Balaban J connectivity index is 2.65. The van der Waals surface area contributed by atoms with Gasteiger partial charge in [-0.05, 0) is 19.9 Å². The van der Waals surface area contributed by atoms with Gasteiger partial charge in [-0.1, -0.05) is 0 Å². The van der Waals surface area contributed by atoms with Crippen LogP contribution < -0.4 is 0 Å². The third kappa shape index (κ3) is 2.18. The van der Waals surface area contributed by atoms with Crippen LogP contribution in [0.3, 0.4) is 0 Å². The van der Waals surface area contributed by atoms with Crippen molar-refractivity contribution in [2.24, 2.45) is 0 Å². The van der Waals surface area contributed by atoms with Crippen molar-refractivity contribution in [3.63, 3.8) is 0 Å². The maximum Gasteiger partial charge on any atom is 0.135 e. The van der Waals surface area contributed by atoms with Crippen LogP contribution in [0.1, 0.15) is 19.5 Å². The van der Waals surface area contributed by atoms with Gasteiger partial charge < -0.3 is 0 Å². The lowest BCUT2D eigenvalue weighted by Gasteiger charge is -1.92. The number of aromatic nitrogens is 2. The molecule has 1 aromatic rings. The molecule has 1 aromatic heterocycles. The van der Waals surface area contributed by atoms with Crippen LogP contribution in [0, 0.1) is 0 Å². The second kappa shape index (κ2) is 3.32. The molecule has 0 aliphatic heterocycles. The van der Waals surface area contributed by atoms with E-state index in [0.29, 0.717) is 6.42 Å². The van der Waals surface area contributed by atoms with Crippen LogP contribution in [0.5, 0.6) is 0 Å². The monoisotopic (exact) mass is 152 g/mol. The summed E-state index contributed by atoms with van der Waals surface area (Å²) < 4.78 is 1.82. The van der Waals surface area contributed by atoms with Gasteiger partial charge in [-0.15, -0.1) is 0 Å². The Morgan fingerprint density at radius 2 is 2.45 bits per heavy atom. The molecule has 0 fully saturated rings. The van der Waals surface area contributed by atoms with Crippen LogP contribution in [-0.2, 0) is 17.8 Å². The highest BCUT2D eigenvalue weighted by atomic mass is 16.1. The SMILES string of the molecule is CCn1ccc(CC(C)=O)n1. The van der Waals surface area contributed by atoms with Gasteiger partial charge >= 0.3 is 0 Å². The molecule has 0 N–H and O–H groups in total.